The third-order valence-corrected chi connectivity index (χ3v) is 4.37. The van der Waals surface area contributed by atoms with Gasteiger partial charge in [-0.05, 0) is 38.4 Å². The molecule has 0 aliphatic carbocycles. The van der Waals surface area contributed by atoms with Crippen LogP contribution in [-0.2, 0) is 0 Å². The van der Waals surface area contributed by atoms with Gasteiger partial charge in [0.25, 0.3) is 0 Å². The maximum Gasteiger partial charge on any atom is 0.0586 e. The van der Waals surface area contributed by atoms with E-state index in [-0.39, 0.29) is 0 Å². The number of aryl methyl sites for hydroxylation is 1. The van der Waals surface area contributed by atoms with E-state index in [9.17, 15) is 5.11 Å². The zero-order valence-electron chi connectivity index (χ0n) is 10.4. The molecule has 0 bridgehead atoms. The predicted molar refractivity (Wildman–Crippen MR) is 73.6 cm³/mol. The third-order valence-electron chi connectivity index (χ3n) is 3.38. The first-order valence-electron chi connectivity index (χ1n) is 6.34. The van der Waals surface area contributed by atoms with Crippen LogP contribution in [0, 0.1) is 6.92 Å². The van der Waals surface area contributed by atoms with Crippen LogP contribution in [0.3, 0.4) is 0 Å². The van der Waals surface area contributed by atoms with E-state index in [2.05, 4.69) is 36.1 Å². The van der Waals surface area contributed by atoms with Crippen molar-refractivity contribution in [3.8, 4) is 0 Å². The van der Waals surface area contributed by atoms with Gasteiger partial charge in [0.2, 0.25) is 0 Å². The molecular weight excluding hydrogens is 230 g/mol. The highest BCUT2D eigenvalue weighted by Gasteiger charge is 2.22. The van der Waals surface area contributed by atoms with Crippen molar-refractivity contribution in [2.45, 2.75) is 30.7 Å². The van der Waals surface area contributed by atoms with Gasteiger partial charge in [0.1, 0.15) is 0 Å². The van der Waals surface area contributed by atoms with Gasteiger partial charge in [-0.15, -0.1) is 11.8 Å². The molecule has 1 aliphatic heterocycles. The Morgan fingerprint density at radius 3 is 2.82 bits per heavy atom. The summed E-state index contributed by atoms with van der Waals surface area (Å²) < 4.78 is 0. The fourth-order valence-corrected chi connectivity index (χ4v) is 3.20. The molecule has 0 amide bonds. The molecule has 1 fully saturated rings. The number of hydrogen-bond donors (Lipinski definition) is 1. The van der Waals surface area contributed by atoms with Gasteiger partial charge in [0.15, 0.2) is 0 Å². The van der Waals surface area contributed by atoms with E-state index in [1.807, 2.05) is 11.8 Å². The quantitative estimate of drug-likeness (QED) is 0.814. The lowest BCUT2D eigenvalue weighted by Crippen LogP contribution is -2.33. The van der Waals surface area contributed by atoms with Crippen molar-refractivity contribution in [1.29, 1.82) is 0 Å². The molecule has 1 aromatic rings. The minimum atomic E-state index is 0.315. The van der Waals surface area contributed by atoms with E-state index in [0.29, 0.717) is 12.6 Å². The zero-order valence-corrected chi connectivity index (χ0v) is 11.2. The third kappa shape index (κ3) is 3.73. The molecule has 0 radical (unpaired) electrons. The molecule has 1 unspecified atom stereocenters. The summed E-state index contributed by atoms with van der Waals surface area (Å²) in [4.78, 5) is 3.76. The summed E-state index contributed by atoms with van der Waals surface area (Å²) >= 11 is 1.91. The van der Waals surface area contributed by atoms with E-state index in [0.717, 1.165) is 25.3 Å². The number of aliphatic hydroxyl groups excluding tert-OH is 1. The molecule has 2 nitrogen and oxygen atoms in total. The smallest absolute Gasteiger partial charge is 0.0586 e. The van der Waals surface area contributed by atoms with Gasteiger partial charge in [-0.1, -0.05) is 17.7 Å². The fraction of sp³-hybridized carbons (Fsp3) is 0.571. The Bertz CT molecular complexity index is 339. The Kier molecular flexibility index (Phi) is 4.89. The van der Waals surface area contributed by atoms with Gasteiger partial charge >= 0.3 is 0 Å². The van der Waals surface area contributed by atoms with Crippen LogP contribution in [0.2, 0.25) is 0 Å². The number of rotatable bonds is 5. The van der Waals surface area contributed by atoms with Gasteiger partial charge in [0, 0.05) is 23.2 Å². The topological polar surface area (TPSA) is 23.5 Å². The van der Waals surface area contributed by atoms with Crippen LogP contribution >= 0.6 is 11.8 Å². The second-order valence-electron chi connectivity index (χ2n) is 4.68. The molecule has 2 rings (SSSR count). The molecular formula is C14H21NOS. The van der Waals surface area contributed by atoms with E-state index in [1.54, 1.807) is 0 Å². The maximum atomic E-state index is 9.23. The van der Waals surface area contributed by atoms with Crippen LogP contribution in [0.4, 0.5) is 0 Å². The molecule has 0 spiro atoms. The number of hydrogen-bond acceptors (Lipinski definition) is 3. The normalized spacial score (nSPS) is 20.9. The van der Waals surface area contributed by atoms with E-state index in [4.69, 9.17) is 0 Å². The van der Waals surface area contributed by atoms with Crippen molar-refractivity contribution in [3.63, 3.8) is 0 Å². The van der Waals surface area contributed by atoms with Crippen molar-refractivity contribution in [1.82, 2.24) is 4.90 Å². The number of thioether (sulfide) groups is 1. The summed E-state index contributed by atoms with van der Waals surface area (Å²) in [7, 11) is 0. The molecule has 1 heterocycles. The minimum absolute atomic E-state index is 0.315. The number of benzene rings is 1. The van der Waals surface area contributed by atoms with Gasteiger partial charge in [-0.2, -0.15) is 0 Å². The molecule has 1 saturated heterocycles. The maximum absolute atomic E-state index is 9.23. The van der Waals surface area contributed by atoms with Crippen molar-refractivity contribution in [3.05, 3.63) is 29.8 Å². The second-order valence-corrected chi connectivity index (χ2v) is 5.84. The Balaban J connectivity index is 1.74. The molecule has 0 saturated carbocycles. The summed E-state index contributed by atoms with van der Waals surface area (Å²) in [5.74, 6) is 1.11. The first kappa shape index (κ1) is 12.9. The summed E-state index contributed by atoms with van der Waals surface area (Å²) in [6.45, 7) is 4.67. The van der Waals surface area contributed by atoms with E-state index < -0.39 is 0 Å². The van der Waals surface area contributed by atoms with Gasteiger partial charge in [0.05, 0.1) is 6.61 Å². The number of nitrogens with zero attached hydrogens (tertiary/aromatic N) is 1. The monoisotopic (exact) mass is 251 g/mol. The van der Waals surface area contributed by atoms with Crippen LogP contribution in [0.25, 0.3) is 0 Å². The fourth-order valence-electron chi connectivity index (χ4n) is 2.31. The highest BCUT2D eigenvalue weighted by atomic mass is 32.2. The van der Waals surface area contributed by atoms with Gasteiger partial charge in [-0.25, -0.2) is 0 Å². The van der Waals surface area contributed by atoms with Crippen molar-refractivity contribution >= 4 is 11.8 Å². The first-order valence-corrected chi connectivity index (χ1v) is 7.32. The predicted octanol–water partition coefficient (Wildman–Crippen LogP) is 2.54. The Morgan fingerprint density at radius 1 is 1.35 bits per heavy atom. The molecule has 94 valence electrons. The zero-order chi connectivity index (χ0) is 12.1. The van der Waals surface area contributed by atoms with E-state index in [1.165, 1.54) is 16.9 Å². The molecule has 1 atom stereocenters. The molecule has 1 aliphatic rings. The van der Waals surface area contributed by atoms with Crippen molar-refractivity contribution < 1.29 is 5.11 Å². The Morgan fingerprint density at radius 2 is 2.12 bits per heavy atom. The Labute approximate surface area is 108 Å². The summed E-state index contributed by atoms with van der Waals surface area (Å²) in [6, 6.07) is 9.11. The lowest BCUT2D eigenvalue weighted by molar-refractivity contribution is 0.165. The number of likely N-dealkylation sites (tertiary alicyclic amines) is 1. The highest BCUT2D eigenvalue weighted by Crippen LogP contribution is 2.21. The average Bonchev–Trinajstić information content (AvgIpc) is 2.79. The van der Waals surface area contributed by atoms with Crippen molar-refractivity contribution in [2.75, 3.05) is 25.4 Å². The summed E-state index contributed by atoms with van der Waals surface area (Å²) in [6.07, 6.45) is 2.39. The van der Waals surface area contributed by atoms with Crippen molar-refractivity contribution in [2.24, 2.45) is 0 Å². The first-order chi connectivity index (χ1) is 8.29. The lowest BCUT2D eigenvalue weighted by atomic mass is 10.2. The molecule has 1 N–H and O–H groups in total. The van der Waals surface area contributed by atoms with Crippen LogP contribution in [-0.4, -0.2) is 41.5 Å². The average molecular weight is 251 g/mol. The lowest BCUT2D eigenvalue weighted by Gasteiger charge is -2.22. The minimum Gasteiger partial charge on any atom is -0.395 e. The molecule has 17 heavy (non-hydrogen) atoms. The molecule has 0 aromatic heterocycles. The number of aliphatic hydroxyl groups is 1. The highest BCUT2D eigenvalue weighted by molar-refractivity contribution is 7.99. The van der Waals surface area contributed by atoms with Crippen LogP contribution < -0.4 is 0 Å². The van der Waals surface area contributed by atoms with E-state index >= 15 is 0 Å². The second kappa shape index (κ2) is 6.43. The van der Waals surface area contributed by atoms with Crippen LogP contribution in [0.1, 0.15) is 18.4 Å². The standard InChI is InChI=1S/C14H21NOS/c1-12-4-6-14(7-5-12)17-10-9-15-8-2-3-13(15)11-16/h4-7,13,16H,2-3,8-11H2,1H3. The van der Waals surface area contributed by atoms with Crippen LogP contribution in [0.15, 0.2) is 29.2 Å². The molecule has 1 aromatic carbocycles. The SMILES string of the molecule is Cc1ccc(SCCN2CCCC2CO)cc1. The largest absolute Gasteiger partial charge is 0.395 e. The summed E-state index contributed by atoms with van der Waals surface area (Å²) in [5, 5.41) is 9.23. The Hall–Kier alpha value is -0.510. The summed E-state index contributed by atoms with van der Waals surface area (Å²) in [5.41, 5.74) is 1.31. The molecule has 3 heteroatoms. The van der Waals surface area contributed by atoms with Crippen LogP contribution in [0.5, 0.6) is 0 Å². The van der Waals surface area contributed by atoms with Gasteiger partial charge in [-0.3, -0.25) is 4.90 Å². The van der Waals surface area contributed by atoms with Gasteiger partial charge < -0.3 is 5.11 Å².